The number of ether oxygens (including phenoxy) is 1. The maximum Gasteiger partial charge on any atom is 0.243 e. The van der Waals surface area contributed by atoms with E-state index in [1.807, 2.05) is 38.2 Å². The molecule has 0 aliphatic heterocycles. The predicted octanol–water partition coefficient (Wildman–Crippen LogP) is 4.95. The molecule has 1 aromatic heterocycles. The zero-order chi connectivity index (χ0) is 24.0. The van der Waals surface area contributed by atoms with E-state index >= 15 is 0 Å². The van der Waals surface area contributed by atoms with Crippen molar-refractivity contribution < 1.29 is 17.9 Å². The summed E-state index contributed by atoms with van der Waals surface area (Å²) in [6.07, 6.45) is 3.62. The Labute approximate surface area is 196 Å². The number of rotatable bonds is 11. The molecule has 0 bridgehead atoms. The fourth-order valence-electron chi connectivity index (χ4n) is 3.83. The molecule has 178 valence electrons. The Bertz CT molecular complexity index is 1200. The number of anilines is 1. The van der Waals surface area contributed by atoms with E-state index in [1.165, 1.54) is 27.4 Å². The minimum absolute atomic E-state index is 0.118. The van der Waals surface area contributed by atoms with Gasteiger partial charge in [0.25, 0.3) is 0 Å². The molecule has 0 aliphatic rings. The van der Waals surface area contributed by atoms with Crippen molar-refractivity contribution in [3.63, 3.8) is 0 Å². The number of benzene rings is 2. The Balaban J connectivity index is 1.73. The normalized spacial score (nSPS) is 11.9. The van der Waals surface area contributed by atoms with Crippen molar-refractivity contribution in [2.45, 2.75) is 58.0 Å². The Kier molecular flexibility index (Phi) is 8.15. The summed E-state index contributed by atoms with van der Waals surface area (Å²) in [5.41, 5.74) is 2.63. The Morgan fingerprint density at radius 3 is 2.55 bits per heavy atom. The standard InChI is InChI=1S/C25H33N3O4S/c1-5-28(6-2)33(30,31)20-14-15-24(32-18(3)4)23(16-20)27-25(29)13-9-10-19-17-26-22-12-8-7-11-21(19)22/h7-8,11-12,14-18,26H,5-6,9-10,13H2,1-4H3,(H,27,29). The summed E-state index contributed by atoms with van der Waals surface area (Å²) in [4.78, 5) is 16.1. The summed E-state index contributed by atoms with van der Waals surface area (Å²) in [7, 11) is -3.65. The molecule has 1 heterocycles. The number of nitrogens with one attached hydrogen (secondary N) is 2. The highest BCUT2D eigenvalue weighted by Crippen LogP contribution is 2.30. The molecule has 0 atom stereocenters. The van der Waals surface area contributed by atoms with Crippen LogP contribution in [0.3, 0.4) is 0 Å². The molecule has 7 nitrogen and oxygen atoms in total. The lowest BCUT2D eigenvalue weighted by Gasteiger charge is -2.20. The van der Waals surface area contributed by atoms with Gasteiger partial charge in [0.05, 0.1) is 16.7 Å². The summed E-state index contributed by atoms with van der Waals surface area (Å²) in [6.45, 7) is 8.11. The van der Waals surface area contributed by atoms with Gasteiger partial charge >= 0.3 is 0 Å². The van der Waals surface area contributed by atoms with E-state index in [1.54, 1.807) is 19.9 Å². The van der Waals surface area contributed by atoms with E-state index in [0.717, 1.165) is 11.9 Å². The van der Waals surface area contributed by atoms with Gasteiger partial charge in [0.1, 0.15) is 5.75 Å². The minimum Gasteiger partial charge on any atom is -0.489 e. The quantitative estimate of drug-likeness (QED) is 0.414. The van der Waals surface area contributed by atoms with Gasteiger partial charge in [-0.3, -0.25) is 4.79 Å². The van der Waals surface area contributed by atoms with Crippen molar-refractivity contribution in [3.8, 4) is 5.75 Å². The van der Waals surface area contributed by atoms with Crippen LogP contribution in [0.15, 0.2) is 53.6 Å². The number of nitrogens with zero attached hydrogens (tertiary/aromatic N) is 1. The van der Waals surface area contributed by atoms with Gasteiger partial charge in [-0.05, 0) is 56.5 Å². The minimum atomic E-state index is -3.65. The number of para-hydroxylation sites is 1. The monoisotopic (exact) mass is 471 g/mol. The van der Waals surface area contributed by atoms with Gasteiger partial charge in [0.15, 0.2) is 0 Å². The Hall–Kier alpha value is -2.84. The summed E-state index contributed by atoms with van der Waals surface area (Å²) in [5, 5.41) is 4.03. The summed E-state index contributed by atoms with van der Waals surface area (Å²) in [6, 6.07) is 12.7. The largest absolute Gasteiger partial charge is 0.489 e. The van der Waals surface area contributed by atoms with Gasteiger partial charge in [-0.2, -0.15) is 4.31 Å². The molecule has 2 N–H and O–H groups in total. The van der Waals surface area contributed by atoms with Crippen LogP contribution in [0.2, 0.25) is 0 Å². The van der Waals surface area contributed by atoms with Crippen molar-refractivity contribution in [1.82, 2.24) is 9.29 Å². The van der Waals surface area contributed by atoms with Crippen molar-refractivity contribution in [3.05, 3.63) is 54.2 Å². The first kappa shape index (κ1) is 24.8. The van der Waals surface area contributed by atoms with Gasteiger partial charge in [-0.25, -0.2) is 8.42 Å². The van der Waals surface area contributed by atoms with Crippen LogP contribution in [0.4, 0.5) is 5.69 Å². The van der Waals surface area contributed by atoms with E-state index in [9.17, 15) is 13.2 Å². The number of hydrogen-bond donors (Lipinski definition) is 2. The van der Waals surface area contributed by atoms with Crippen LogP contribution in [0, 0.1) is 0 Å². The summed E-state index contributed by atoms with van der Waals surface area (Å²) in [5.74, 6) is 0.273. The molecule has 1 amide bonds. The molecule has 2 aromatic carbocycles. The number of carbonyl (C=O) groups excluding carboxylic acids is 1. The molecule has 0 unspecified atom stereocenters. The zero-order valence-electron chi connectivity index (χ0n) is 19.7. The first-order valence-corrected chi connectivity index (χ1v) is 12.9. The molecule has 3 rings (SSSR count). The van der Waals surface area contributed by atoms with E-state index < -0.39 is 10.0 Å². The van der Waals surface area contributed by atoms with Crippen LogP contribution in [0.5, 0.6) is 5.75 Å². The smallest absolute Gasteiger partial charge is 0.243 e. The van der Waals surface area contributed by atoms with Crippen LogP contribution < -0.4 is 10.1 Å². The third-order valence-electron chi connectivity index (χ3n) is 5.46. The number of aryl methyl sites for hydroxylation is 1. The van der Waals surface area contributed by atoms with E-state index in [0.29, 0.717) is 37.4 Å². The number of fused-ring (bicyclic) bond motifs is 1. The SMILES string of the molecule is CCN(CC)S(=O)(=O)c1ccc(OC(C)C)c(NC(=O)CCCc2c[nH]c3ccccc23)c1. The highest BCUT2D eigenvalue weighted by atomic mass is 32.2. The number of hydrogen-bond acceptors (Lipinski definition) is 4. The topological polar surface area (TPSA) is 91.5 Å². The molecule has 0 fully saturated rings. The molecular formula is C25H33N3O4S. The second-order valence-electron chi connectivity index (χ2n) is 8.18. The first-order chi connectivity index (χ1) is 15.8. The van der Waals surface area contributed by atoms with Gasteiger partial charge in [0.2, 0.25) is 15.9 Å². The Morgan fingerprint density at radius 2 is 1.85 bits per heavy atom. The van der Waals surface area contributed by atoms with E-state index in [-0.39, 0.29) is 16.9 Å². The highest BCUT2D eigenvalue weighted by Gasteiger charge is 2.23. The van der Waals surface area contributed by atoms with Crippen LogP contribution in [0.25, 0.3) is 10.9 Å². The van der Waals surface area contributed by atoms with Crippen molar-refractivity contribution in [2.24, 2.45) is 0 Å². The van der Waals surface area contributed by atoms with Gasteiger partial charge in [0, 0.05) is 36.6 Å². The van der Waals surface area contributed by atoms with Crippen LogP contribution in [-0.4, -0.2) is 42.8 Å². The highest BCUT2D eigenvalue weighted by molar-refractivity contribution is 7.89. The maximum atomic E-state index is 12.9. The number of sulfonamides is 1. The molecule has 8 heteroatoms. The van der Waals surface area contributed by atoms with Crippen LogP contribution >= 0.6 is 0 Å². The maximum absolute atomic E-state index is 12.9. The molecule has 0 saturated carbocycles. The molecule has 0 saturated heterocycles. The van der Waals surface area contributed by atoms with Crippen molar-refractivity contribution >= 4 is 32.5 Å². The molecule has 3 aromatic rings. The van der Waals surface area contributed by atoms with Gasteiger partial charge < -0.3 is 15.0 Å². The van der Waals surface area contributed by atoms with Crippen LogP contribution in [-0.2, 0) is 21.2 Å². The number of carbonyl (C=O) groups is 1. The number of H-pyrrole nitrogens is 1. The Morgan fingerprint density at radius 1 is 1.12 bits per heavy atom. The number of aromatic nitrogens is 1. The van der Waals surface area contributed by atoms with Gasteiger partial charge in [-0.15, -0.1) is 0 Å². The number of amides is 1. The third-order valence-corrected chi connectivity index (χ3v) is 7.50. The van der Waals surface area contributed by atoms with E-state index in [4.69, 9.17) is 4.74 Å². The lowest BCUT2D eigenvalue weighted by Crippen LogP contribution is -2.30. The van der Waals surface area contributed by atoms with Crippen LogP contribution in [0.1, 0.15) is 46.1 Å². The third kappa shape index (κ3) is 5.94. The first-order valence-electron chi connectivity index (χ1n) is 11.4. The molecule has 0 aliphatic carbocycles. The molecule has 0 radical (unpaired) electrons. The molecule has 0 spiro atoms. The summed E-state index contributed by atoms with van der Waals surface area (Å²) < 4.78 is 33.1. The lowest BCUT2D eigenvalue weighted by molar-refractivity contribution is -0.116. The molecular weight excluding hydrogens is 438 g/mol. The van der Waals surface area contributed by atoms with Gasteiger partial charge in [-0.1, -0.05) is 32.0 Å². The average Bonchev–Trinajstić information content (AvgIpc) is 3.18. The lowest BCUT2D eigenvalue weighted by atomic mass is 10.1. The van der Waals surface area contributed by atoms with Crippen molar-refractivity contribution in [1.29, 1.82) is 0 Å². The predicted molar refractivity (Wildman–Crippen MR) is 132 cm³/mol. The zero-order valence-corrected chi connectivity index (χ0v) is 20.5. The average molecular weight is 472 g/mol. The summed E-state index contributed by atoms with van der Waals surface area (Å²) >= 11 is 0. The fourth-order valence-corrected chi connectivity index (χ4v) is 5.31. The number of aromatic amines is 1. The second-order valence-corrected chi connectivity index (χ2v) is 10.1. The van der Waals surface area contributed by atoms with Crippen molar-refractivity contribution in [2.75, 3.05) is 18.4 Å². The molecule has 33 heavy (non-hydrogen) atoms. The second kappa shape index (κ2) is 10.9. The fraction of sp³-hybridized carbons (Fsp3) is 0.400. The van der Waals surface area contributed by atoms with E-state index in [2.05, 4.69) is 16.4 Å².